The number of rotatable bonds is 3. The molecule has 1 N–H and O–H groups in total. The van der Waals surface area contributed by atoms with Crippen molar-refractivity contribution < 1.29 is 4.79 Å². The molecule has 1 amide bonds. The molecular weight excluding hydrogens is 262 g/mol. The number of nitrogens with one attached hydrogen (secondary N) is 1. The zero-order valence-corrected chi connectivity index (χ0v) is 12.4. The zero-order valence-electron chi connectivity index (χ0n) is 12.4. The molecule has 0 radical (unpaired) electrons. The van der Waals surface area contributed by atoms with E-state index in [0.717, 1.165) is 35.3 Å². The molecule has 0 aliphatic heterocycles. The van der Waals surface area contributed by atoms with Crippen LogP contribution in [0.3, 0.4) is 0 Å². The molecule has 3 rings (SSSR count). The Hall–Kier alpha value is -1.97. The standard InChI is InChI=1S/C17H21N3O/c1-12-16(20-15-10-6-5-9-14(15)19-12)11-18-17(21)13-7-3-2-4-8-13/h5-6,9-10,13H,2-4,7-8,11H2,1H3,(H,18,21). The van der Waals surface area contributed by atoms with Crippen molar-refractivity contribution in [1.29, 1.82) is 0 Å². The predicted molar refractivity (Wildman–Crippen MR) is 82.7 cm³/mol. The van der Waals surface area contributed by atoms with Gasteiger partial charge >= 0.3 is 0 Å². The van der Waals surface area contributed by atoms with Crippen molar-refractivity contribution in [2.45, 2.75) is 45.6 Å². The first-order valence-electron chi connectivity index (χ1n) is 7.74. The molecule has 1 saturated carbocycles. The normalized spacial score (nSPS) is 16.0. The van der Waals surface area contributed by atoms with Crippen molar-refractivity contribution in [3.63, 3.8) is 0 Å². The van der Waals surface area contributed by atoms with E-state index in [4.69, 9.17) is 0 Å². The Morgan fingerprint density at radius 3 is 2.52 bits per heavy atom. The average Bonchev–Trinajstić information content (AvgIpc) is 2.53. The minimum absolute atomic E-state index is 0.170. The molecule has 2 aromatic rings. The van der Waals surface area contributed by atoms with E-state index in [0.29, 0.717) is 6.54 Å². The lowest BCUT2D eigenvalue weighted by Gasteiger charge is -2.20. The van der Waals surface area contributed by atoms with Gasteiger partial charge in [0.05, 0.1) is 29.0 Å². The molecule has 1 aliphatic rings. The molecule has 1 aromatic carbocycles. The number of nitrogens with zero attached hydrogens (tertiary/aromatic N) is 2. The molecular formula is C17H21N3O. The third kappa shape index (κ3) is 3.20. The third-order valence-electron chi connectivity index (χ3n) is 4.25. The largest absolute Gasteiger partial charge is 0.350 e. The quantitative estimate of drug-likeness (QED) is 0.941. The fourth-order valence-corrected chi connectivity index (χ4v) is 2.97. The van der Waals surface area contributed by atoms with Gasteiger partial charge in [-0.2, -0.15) is 0 Å². The number of para-hydroxylation sites is 2. The van der Waals surface area contributed by atoms with E-state index in [2.05, 4.69) is 15.3 Å². The van der Waals surface area contributed by atoms with Gasteiger partial charge in [0, 0.05) is 5.92 Å². The van der Waals surface area contributed by atoms with Gasteiger partial charge < -0.3 is 5.32 Å². The van der Waals surface area contributed by atoms with Crippen LogP contribution in [0.15, 0.2) is 24.3 Å². The zero-order chi connectivity index (χ0) is 14.7. The number of hydrogen-bond donors (Lipinski definition) is 1. The van der Waals surface area contributed by atoms with Gasteiger partial charge in [-0.25, -0.2) is 9.97 Å². The van der Waals surface area contributed by atoms with Crippen molar-refractivity contribution in [1.82, 2.24) is 15.3 Å². The Kier molecular flexibility index (Phi) is 4.13. The fraction of sp³-hybridized carbons (Fsp3) is 0.471. The fourth-order valence-electron chi connectivity index (χ4n) is 2.97. The Morgan fingerprint density at radius 2 is 1.81 bits per heavy atom. The van der Waals surface area contributed by atoms with Crippen LogP contribution in [0.25, 0.3) is 11.0 Å². The summed E-state index contributed by atoms with van der Waals surface area (Å²) in [6.45, 7) is 2.42. The summed E-state index contributed by atoms with van der Waals surface area (Å²) in [5.41, 5.74) is 3.53. The maximum Gasteiger partial charge on any atom is 0.223 e. The second-order valence-corrected chi connectivity index (χ2v) is 5.80. The molecule has 0 saturated heterocycles. The minimum atomic E-state index is 0.170. The van der Waals surface area contributed by atoms with E-state index in [1.54, 1.807) is 0 Å². The highest BCUT2D eigenvalue weighted by Gasteiger charge is 2.21. The van der Waals surface area contributed by atoms with Crippen molar-refractivity contribution in [3.8, 4) is 0 Å². The van der Waals surface area contributed by atoms with E-state index >= 15 is 0 Å². The van der Waals surface area contributed by atoms with E-state index < -0.39 is 0 Å². The molecule has 1 aliphatic carbocycles. The summed E-state index contributed by atoms with van der Waals surface area (Å²) in [7, 11) is 0. The Morgan fingerprint density at radius 1 is 1.14 bits per heavy atom. The monoisotopic (exact) mass is 283 g/mol. The maximum absolute atomic E-state index is 12.2. The number of amides is 1. The first-order chi connectivity index (χ1) is 10.2. The molecule has 0 atom stereocenters. The van der Waals surface area contributed by atoms with Crippen LogP contribution in [0.2, 0.25) is 0 Å². The van der Waals surface area contributed by atoms with Crippen LogP contribution in [-0.2, 0) is 11.3 Å². The highest BCUT2D eigenvalue weighted by atomic mass is 16.1. The lowest BCUT2D eigenvalue weighted by atomic mass is 9.89. The predicted octanol–water partition coefficient (Wildman–Crippen LogP) is 3.13. The Bertz CT molecular complexity index is 648. The number of aryl methyl sites for hydroxylation is 1. The van der Waals surface area contributed by atoms with Crippen molar-refractivity contribution in [3.05, 3.63) is 35.7 Å². The van der Waals surface area contributed by atoms with E-state index in [1.165, 1.54) is 19.3 Å². The van der Waals surface area contributed by atoms with Gasteiger partial charge in [-0.3, -0.25) is 4.79 Å². The molecule has 0 spiro atoms. The first kappa shape index (κ1) is 14.0. The second-order valence-electron chi connectivity index (χ2n) is 5.80. The number of hydrogen-bond acceptors (Lipinski definition) is 3. The number of carbonyl (C=O) groups excluding carboxylic acids is 1. The van der Waals surface area contributed by atoms with E-state index in [1.807, 2.05) is 31.2 Å². The van der Waals surface area contributed by atoms with Crippen LogP contribution in [0.1, 0.15) is 43.5 Å². The smallest absolute Gasteiger partial charge is 0.223 e. The van der Waals surface area contributed by atoms with Crippen LogP contribution in [0.4, 0.5) is 0 Å². The lowest BCUT2D eigenvalue weighted by Crippen LogP contribution is -2.32. The summed E-state index contributed by atoms with van der Waals surface area (Å²) in [5, 5.41) is 3.03. The second kappa shape index (κ2) is 6.20. The number of fused-ring (bicyclic) bond motifs is 1. The van der Waals surface area contributed by atoms with Crippen LogP contribution in [0.5, 0.6) is 0 Å². The molecule has 21 heavy (non-hydrogen) atoms. The van der Waals surface area contributed by atoms with Gasteiger partial charge in [-0.1, -0.05) is 31.4 Å². The molecule has 4 heteroatoms. The first-order valence-corrected chi connectivity index (χ1v) is 7.74. The summed E-state index contributed by atoms with van der Waals surface area (Å²) in [4.78, 5) is 21.4. The highest BCUT2D eigenvalue weighted by molar-refractivity contribution is 5.79. The number of benzene rings is 1. The highest BCUT2D eigenvalue weighted by Crippen LogP contribution is 2.23. The summed E-state index contributed by atoms with van der Waals surface area (Å²) in [6, 6.07) is 7.83. The molecule has 4 nitrogen and oxygen atoms in total. The van der Waals surface area contributed by atoms with Gasteiger partial charge in [0.2, 0.25) is 5.91 Å². The van der Waals surface area contributed by atoms with E-state index in [-0.39, 0.29) is 11.8 Å². The molecule has 1 fully saturated rings. The van der Waals surface area contributed by atoms with Gasteiger partial charge in [0.1, 0.15) is 0 Å². The van der Waals surface area contributed by atoms with Gasteiger partial charge in [-0.05, 0) is 31.9 Å². The summed E-state index contributed by atoms with van der Waals surface area (Å²) < 4.78 is 0. The minimum Gasteiger partial charge on any atom is -0.350 e. The van der Waals surface area contributed by atoms with Crippen LogP contribution in [-0.4, -0.2) is 15.9 Å². The van der Waals surface area contributed by atoms with Gasteiger partial charge in [0.15, 0.2) is 0 Å². The van der Waals surface area contributed by atoms with Gasteiger partial charge in [0.25, 0.3) is 0 Å². The van der Waals surface area contributed by atoms with Gasteiger partial charge in [-0.15, -0.1) is 0 Å². The molecule has 0 bridgehead atoms. The summed E-state index contributed by atoms with van der Waals surface area (Å²) >= 11 is 0. The van der Waals surface area contributed by atoms with Crippen molar-refractivity contribution in [2.24, 2.45) is 5.92 Å². The maximum atomic E-state index is 12.2. The number of aromatic nitrogens is 2. The Balaban J connectivity index is 1.69. The number of carbonyl (C=O) groups is 1. The third-order valence-corrected chi connectivity index (χ3v) is 4.25. The van der Waals surface area contributed by atoms with Crippen molar-refractivity contribution in [2.75, 3.05) is 0 Å². The summed E-state index contributed by atoms with van der Waals surface area (Å²) in [6.07, 6.45) is 5.65. The molecule has 1 aromatic heterocycles. The molecule has 110 valence electrons. The molecule has 1 heterocycles. The average molecular weight is 283 g/mol. The Labute approximate surface area is 125 Å². The lowest BCUT2D eigenvalue weighted by molar-refractivity contribution is -0.126. The van der Waals surface area contributed by atoms with Crippen LogP contribution in [0, 0.1) is 12.8 Å². The summed E-state index contributed by atoms with van der Waals surface area (Å²) in [5.74, 6) is 0.358. The SMILES string of the molecule is Cc1nc2ccccc2nc1CNC(=O)C1CCCCC1. The van der Waals surface area contributed by atoms with Crippen molar-refractivity contribution >= 4 is 16.9 Å². The van der Waals surface area contributed by atoms with Crippen LogP contribution < -0.4 is 5.32 Å². The topological polar surface area (TPSA) is 54.9 Å². The van der Waals surface area contributed by atoms with Crippen LogP contribution >= 0.6 is 0 Å². The molecule has 0 unspecified atom stereocenters. The van der Waals surface area contributed by atoms with E-state index in [9.17, 15) is 4.79 Å².